The number of pyridine rings is 1. The maximum Gasteiger partial charge on any atom is 0.265 e. The second-order valence-electron chi connectivity index (χ2n) is 7.05. The van der Waals surface area contributed by atoms with Crippen LogP contribution in [0.2, 0.25) is 10.0 Å². The fraction of sp³-hybridized carbons (Fsp3) is 0.174. The van der Waals surface area contributed by atoms with Crippen LogP contribution >= 0.6 is 23.2 Å². The van der Waals surface area contributed by atoms with Gasteiger partial charge in [0.05, 0.1) is 16.4 Å². The monoisotopic (exact) mass is 454 g/mol. The zero-order valence-corrected chi connectivity index (χ0v) is 18.5. The molecule has 0 aliphatic carbocycles. The Morgan fingerprint density at radius 3 is 2.45 bits per heavy atom. The Labute approximate surface area is 189 Å². The number of aryl methyl sites for hydroxylation is 1. The van der Waals surface area contributed by atoms with Crippen LogP contribution in [0.3, 0.4) is 0 Å². The molecule has 2 aromatic carbocycles. The summed E-state index contributed by atoms with van der Waals surface area (Å²) in [4.78, 5) is 25.6. The summed E-state index contributed by atoms with van der Waals surface area (Å²) in [6.45, 7) is 2.40. The molecule has 2 heterocycles. The first-order valence-electron chi connectivity index (χ1n) is 9.85. The van der Waals surface area contributed by atoms with Crippen molar-refractivity contribution in [1.29, 1.82) is 0 Å². The molecule has 8 heteroatoms. The first-order chi connectivity index (χ1) is 15.0. The molecule has 0 saturated carbocycles. The number of nitrogens with zero attached hydrogens (tertiary/aromatic N) is 3. The van der Waals surface area contributed by atoms with Gasteiger partial charge >= 0.3 is 0 Å². The van der Waals surface area contributed by atoms with Gasteiger partial charge in [0.2, 0.25) is 0 Å². The minimum absolute atomic E-state index is 0.0670. The van der Waals surface area contributed by atoms with Gasteiger partial charge < -0.3 is 5.32 Å². The molecule has 4 aromatic rings. The number of para-hydroxylation sites is 1. The molecule has 0 aliphatic heterocycles. The fourth-order valence-electron chi connectivity index (χ4n) is 3.61. The average Bonchev–Trinajstić information content (AvgIpc) is 3.15. The summed E-state index contributed by atoms with van der Waals surface area (Å²) < 4.78 is 3.27. The smallest absolute Gasteiger partial charge is 0.265 e. The van der Waals surface area contributed by atoms with E-state index in [1.165, 1.54) is 7.05 Å². The number of hydrogen-bond acceptors (Lipinski definition) is 3. The van der Waals surface area contributed by atoms with E-state index in [2.05, 4.69) is 5.32 Å². The molecular weight excluding hydrogens is 435 g/mol. The third-order valence-electron chi connectivity index (χ3n) is 5.04. The van der Waals surface area contributed by atoms with Crippen molar-refractivity contribution in [2.45, 2.75) is 19.9 Å². The van der Waals surface area contributed by atoms with Crippen molar-refractivity contribution < 1.29 is 4.79 Å². The van der Waals surface area contributed by atoms with Crippen molar-refractivity contribution in [3.05, 3.63) is 80.6 Å². The highest BCUT2D eigenvalue weighted by Gasteiger charge is 2.23. The summed E-state index contributed by atoms with van der Waals surface area (Å²) in [7, 11) is 1.50. The van der Waals surface area contributed by atoms with Gasteiger partial charge in [-0.1, -0.05) is 54.4 Å². The second kappa shape index (κ2) is 8.57. The van der Waals surface area contributed by atoms with E-state index >= 15 is 0 Å². The van der Waals surface area contributed by atoms with E-state index in [0.717, 1.165) is 11.3 Å². The summed E-state index contributed by atoms with van der Waals surface area (Å²) >= 11 is 12.6. The molecule has 2 aromatic heterocycles. The predicted octanol–water partition coefficient (Wildman–Crippen LogP) is 4.93. The van der Waals surface area contributed by atoms with Crippen molar-refractivity contribution in [1.82, 2.24) is 19.7 Å². The highest BCUT2D eigenvalue weighted by molar-refractivity contribution is 6.32. The standard InChI is InChI=1S/C23H20Cl2N4O2/c1-3-12-28-21-16(13-17(23(28)31)22(30)26-2)20(14-8-10-15(24)11-9-14)29(27-21)19-7-5-4-6-18(19)25/h4-11,13H,3,12H2,1-2H3,(H,26,30). The van der Waals surface area contributed by atoms with E-state index in [9.17, 15) is 9.59 Å². The molecule has 0 radical (unpaired) electrons. The van der Waals surface area contributed by atoms with Gasteiger partial charge in [-0.3, -0.25) is 14.2 Å². The average molecular weight is 455 g/mol. The van der Waals surface area contributed by atoms with Crippen LogP contribution in [0.15, 0.2) is 59.4 Å². The van der Waals surface area contributed by atoms with Gasteiger partial charge in [-0.25, -0.2) is 4.68 Å². The van der Waals surface area contributed by atoms with E-state index < -0.39 is 5.91 Å². The van der Waals surface area contributed by atoms with Crippen molar-refractivity contribution in [2.75, 3.05) is 7.05 Å². The lowest BCUT2D eigenvalue weighted by atomic mass is 10.1. The van der Waals surface area contributed by atoms with E-state index in [-0.39, 0.29) is 11.1 Å². The highest BCUT2D eigenvalue weighted by atomic mass is 35.5. The Bertz CT molecular complexity index is 1340. The number of halogens is 2. The van der Waals surface area contributed by atoms with E-state index in [1.54, 1.807) is 33.5 Å². The minimum atomic E-state index is -0.440. The van der Waals surface area contributed by atoms with Crippen LogP contribution in [0.4, 0.5) is 0 Å². The van der Waals surface area contributed by atoms with Crippen LogP contribution in [-0.4, -0.2) is 27.3 Å². The number of fused-ring (bicyclic) bond motifs is 1. The van der Waals surface area contributed by atoms with E-state index in [4.69, 9.17) is 28.3 Å². The molecule has 0 bridgehead atoms. The van der Waals surface area contributed by atoms with E-state index in [0.29, 0.717) is 39.7 Å². The van der Waals surface area contributed by atoms with Gasteiger partial charge in [0.25, 0.3) is 11.5 Å². The molecule has 0 spiro atoms. The zero-order valence-electron chi connectivity index (χ0n) is 17.0. The van der Waals surface area contributed by atoms with Gasteiger partial charge in [-0.05, 0) is 36.8 Å². The molecule has 0 saturated heterocycles. The molecule has 0 unspecified atom stereocenters. The maximum absolute atomic E-state index is 13.1. The lowest BCUT2D eigenvalue weighted by Crippen LogP contribution is -2.31. The summed E-state index contributed by atoms with van der Waals surface area (Å²) in [5.74, 6) is -0.440. The Hall–Kier alpha value is -3.09. The lowest BCUT2D eigenvalue weighted by molar-refractivity contribution is 0.0961. The van der Waals surface area contributed by atoms with Gasteiger partial charge in [0.1, 0.15) is 5.56 Å². The molecule has 1 N–H and O–H groups in total. The molecule has 31 heavy (non-hydrogen) atoms. The summed E-state index contributed by atoms with van der Waals surface area (Å²) in [6.07, 6.45) is 0.710. The van der Waals surface area contributed by atoms with Gasteiger partial charge in [-0.2, -0.15) is 0 Å². The third-order valence-corrected chi connectivity index (χ3v) is 5.61. The first kappa shape index (κ1) is 21.2. The van der Waals surface area contributed by atoms with Gasteiger partial charge in [0, 0.05) is 29.6 Å². The number of benzene rings is 2. The molecule has 0 fully saturated rings. The topological polar surface area (TPSA) is 68.9 Å². The molecule has 0 aliphatic rings. The normalized spacial score (nSPS) is 11.1. The maximum atomic E-state index is 13.1. The second-order valence-corrected chi connectivity index (χ2v) is 7.89. The number of rotatable bonds is 5. The number of amides is 1. The molecule has 4 rings (SSSR count). The number of hydrogen-bond donors (Lipinski definition) is 1. The minimum Gasteiger partial charge on any atom is -0.355 e. The predicted molar refractivity (Wildman–Crippen MR) is 124 cm³/mol. The zero-order chi connectivity index (χ0) is 22.1. The fourth-order valence-corrected chi connectivity index (χ4v) is 3.95. The Morgan fingerprint density at radius 1 is 1.10 bits per heavy atom. The molecule has 0 atom stereocenters. The lowest BCUT2D eigenvalue weighted by Gasteiger charge is -2.10. The van der Waals surface area contributed by atoms with Crippen molar-refractivity contribution in [2.24, 2.45) is 0 Å². The Balaban J connectivity index is 2.17. The van der Waals surface area contributed by atoms with Crippen molar-refractivity contribution in [3.63, 3.8) is 0 Å². The molecule has 6 nitrogen and oxygen atoms in total. The highest BCUT2D eigenvalue weighted by Crippen LogP contribution is 2.34. The third kappa shape index (κ3) is 3.73. The molecule has 1 amide bonds. The van der Waals surface area contributed by atoms with Crippen LogP contribution in [0.1, 0.15) is 23.7 Å². The van der Waals surface area contributed by atoms with Crippen LogP contribution in [0, 0.1) is 0 Å². The SMILES string of the molecule is CCCn1c(=O)c(C(=O)NC)cc2c(-c3ccc(Cl)cc3)n(-c3ccccc3Cl)nc21. The molecule has 158 valence electrons. The number of carbonyl (C=O) groups excluding carboxylic acids is 1. The van der Waals surface area contributed by atoms with Crippen molar-refractivity contribution in [3.8, 4) is 16.9 Å². The van der Waals surface area contributed by atoms with Crippen LogP contribution < -0.4 is 10.9 Å². The largest absolute Gasteiger partial charge is 0.355 e. The Morgan fingerprint density at radius 2 is 1.81 bits per heavy atom. The van der Waals surface area contributed by atoms with Crippen LogP contribution in [0.5, 0.6) is 0 Å². The van der Waals surface area contributed by atoms with Gasteiger partial charge in [0.15, 0.2) is 5.65 Å². The Kier molecular flexibility index (Phi) is 5.85. The number of carbonyl (C=O) groups is 1. The summed E-state index contributed by atoms with van der Waals surface area (Å²) in [5, 5.41) is 9.12. The summed E-state index contributed by atoms with van der Waals surface area (Å²) in [5.41, 5.74) is 2.40. The quantitative estimate of drug-likeness (QED) is 0.464. The van der Waals surface area contributed by atoms with Gasteiger partial charge in [-0.15, -0.1) is 5.10 Å². The molecular formula is C23H20Cl2N4O2. The van der Waals surface area contributed by atoms with Crippen molar-refractivity contribution >= 4 is 40.1 Å². The first-order valence-corrected chi connectivity index (χ1v) is 10.6. The number of nitrogens with one attached hydrogen (secondary N) is 1. The summed E-state index contributed by atoms with van der Waals surface area (Å²) in [6, 6.07) is 16.3. The number of aromatic nitrogens is 3. The van der Waals surface area contributed by atoms with Crippen LogP contribution in [0.25, 0.3) is 28.0 Å². The van der Waals surface area contributed by atoms with E-state index in [1.807, 2.05) is 37.3 Å². The van der Waals surface area contributed by atoms with Crippen LogP contribution in [-0.2, 0) is 6.54 Å².